The van der Waals surface area contributed by atoms with Crippen LogP contribution in [-0.4, -0.2) is 56.6 Å². The van der Waals surface area contributed by atoms with Crippen LogP contribution >= 0.6 is 11.9 Å². The van der Waals surface area contributed by atoms with E-state index in [4.69, 9.17) is 4.74 Å². The number of carbonyl (C=O) groups excluding carboxylic acids is 1. The summed E-state index contributed by atoms with van der Waals surface area (Å²) in [6.45, 7) is 5.91. The number of aromatic nitrogens is 4. The number of amides is 1. The van der Waals surface area contributed by atoms with Gasteiger partial charge >= 0.3 is 0 Å². The van der Waals surface area contributed by atoms with Crippen molar-refractivity contribution in [2.24, 2.45) is 0 Å². The molecule has 1 aliphatic rings. The van der Waals surface area contributed by atoms with Gasteiger partial charge in [-0.3, -0.25) is 14.6 Å². The van der Waals surface area contributed by atoms with Crippen molar-refractivity contribution in [3.05, 3.63) is 59.4 Å². The first-order valence-corrected chi connectivity index (χ1v) is 11.9. The van der Waals surface area contributed by atoms with Crippen molar-refractivity contribution < 1.29 is 9.53 Å². The number of hydrogen-bond donors (Lipinski definition) is 2. The molecule has 1 amide bonds. The van der Waals surface area contributed by atoms with E-state index < -0.39 is 0 Å². The van der Waals surface area contributed by atoms with Gasteiger partial charge in [0.05, 0.1) is 30.4 Å². The number of anilines is 1. The Morgan fingerprint density at radius 2 is 2.00 bits per heavy atom. The molecule has 0 aliphatic carbocycles. The van der Waals surface area contributed by atoms with Crippen LogP contribution in [-0.2, 0) is 0 Å². The van der Waals surface area contributed by atoms with Gasteiger partial charge in [0, 0.05) is 42.0 Å². The largest absolute Gasteiger partial charge is 0.496 e. The first-order chi connectivity index (χ1) is 16.0. The van der Waals surface area contributed by atoms with Crippen molar-refractivity contribution >= 4 is 34.4 Å². The van der Waals surface area contributed by atoms with E-state index >= 15 is 0 Å². The monoisotopic (exact) mass is 462 g/mol. The van der Waals surface area contributed by atoms with Crippen LogP contribution in [0.4, 0.5) is 5.69 Å². The lowest BCUT2D eigenvalue weighted by Gasteiger charge is -2.37. The maximum atomic E-state index is 13.3. The standard InChI is InChI=1S/C24H26N6O2S/c1-14-6-5-7-15(2)22(14)26-24(31)19-8-18-20(9-21(19)32-3)27-28-23(18)16-10-25-30(11-16)17-12-29(13-17)33-4/h5-11,17H,12-13H2,1-4H3,(H,26,31)(H,27,28). The fourth-order valence-corrected chi connectivity index (χ4v) is 4.84. The minimum atomic E-state index is -0.222. The average Bonchev–Trinajstić information content (AvgIpc) is 3.41. The fourth-order valence-electron chi connectivity index (χ4n) is 4.20. The van der Waals surface area contributed by atoms with Gasteiger partial charge in [0.1, 0.15) is 11.4 Å². The van der Waals surface area contributed by atoms with Crippen LogP contribution in [0.25, 0.3) is 22.2 Å². The summed E-state index contributed by atoms with van der Waals surface area (Å²) < 4.78 is 9.83. The van der Waals surface area contributed by atoms with Gasteiger partial charge in [-0.25, -0.2) is 4.31 Å². The third-order valence-electron chi connectivity index (χ3n) is 6.18. The smallest absolute Gasteiger partial charge is 0.259 e. The zero-order valence-corrected chi connectivity index (χ0v) is 19.9. The van der Waals surface area contributed by atoms with Crippen LogP contribution in [0.3, 0.4) is 0 Å². The third kappa shape index (κ3) is 3.87. The molecule has 3 heterocycles. The summed E-state index contributed by atoms with van der Waals surface area (Å²) in [6.07, 6.45) is 5.94. The molecule has 0 spiro atoms. The number of ether oxygens (including phenoxy) is 1. The SMILES string of the molecule is COc1cc2[nH]nc(-c3cnn(C4CN(SC)C4)c3)c2cc1C(=O)Nc1c(C)cccc1C. The summed E-state index contributed by atoms with van der Waals surface area (Å²) in [5, 5.41) is 16.1. The highest BCUT2D eigenvalue weighted by Crippen LogP contribution is 2.34. The van der Waals surface area contributed by atoms with Crippen LogP contribution in [0, 0.1) is 13.8 Å². The van der Waals surface area contributed by atoms with Gasteiger partial charge in [0.25, 0.3) is 5.91 Å². The molecule has 1 aliphatic heterocycles. The Kier molecular flexibility index (Phi) is 5.59. The zero-order valence-electron chi connectivity index (χ0n) is 19.0. The summed E-state index contributed by atoms with van der Waals surface area (Å²) in [5.41, 5.74) is 5.77. The molecule has 1 saturated heterocycles. The first kappa shape index (κ1) is 21.5. The van der Waals surface area contributed by atoms with Crippen molar-refractivity contribution in [2.75, 3.05) is 31.8 Å². The van der Waals surface area contributed by atoms with Gasteiger partial charge in [-0.1, -0.05) is 30.1 Å². The number of carbonyl (C=O) groups is 1. The van der Waals surface area contributed by atoms with E-state index in [9.17, 15) is 4.79 Å². The Labute approximate surface area is 196 Å². The summed E-state index contributed by atoms with van der Waals surface area (Å²) >= 11 is 1.75. The lowest BCUT2D eigenvalue weighted by Crippen LogP contribution is -2.43. The van der Waals surface area contributed by atoms with Gasteiger partial charge in [-0.05, 0) is 37.3 Å². The van der Waals surface area contributed by atoms with E-state index in [1.54, 1.807) is 19.1 Å². The molecule has 0 atom stereocenters. The Morgan fingerprint density at radius 3 is 2.70 bits per heavy atom. The normalized spacial score (nSPS) is 14.4. The highest BCUT2D eigenvalue weighted by Gasteiger charge is 2.28. The molecule has 2 N–H and O–H groups in total. The molecule has 33 heavy (non-hydrogen) atoms. The molecule has 1 fully saturated rings. The second kappa shape index (κ2) is 8.57. The first-order valence-electron chi connectivity index (χ1n) is 10.8. The number of nitrogens with one attached hydrogen (secondary N) is 2. The summed E-state index contributed by atoms with van der Waals surface area (Å²) in [6, 6.07) is 9.97. The Hall–Kier alpha value is -3.30. The Morgan fingerprint density at radius 1 is 1.24 bits per heavy atom. The topological polar surface area (TPSA) is 88.1 Å². The number of hydrogen-bond acceptors (Lipinski definition) is 6. The molecule has 2 aromatic carbocycles. The molecular formula is C24H26N6O2S. The Bertz CT molecular complexity index is 1320. The molecule has 4 aromatic rings. The maximum Gasteiger partial charge on any atom is 0.259 e. The average molecular weight is 463 g/mol. The number of benzene rings is 2. The quantitative estimate of drug-likeness (QED) is 0.412. The molecule has 170 valence electrons. The van der Waals surface area contributed by atoms with Gasteiger partial charge in [0.2, 0.25) is 0 Å². The van der Waals surface area contributed by atoms with E-state index in [2.05, 4.69) is 31.2 Å². The van der Waals surface area contributed by atoms with Crippen molar-refractivity contribution in [2.45, 2.75) is 19.9 Å². The minimum absolute atomic E-state index is 0.222. The summed E-state index contributed by atoms with van der Waals surface area (Å²) in [4.78, 5) is 13.3. The van der Waals surface area contributed by atoms with Crippen molar-refractivity contribution in [3.8, 4) is 17.0 Å². The van der Waals surface area contributed by atoms with E-state index in [1.165, 1.54) is 0 Å². The maximum absolute atomic E-state index is 13.3. The van der Waals surface area contributed by atoms with Crippen molar-refractivity contribution in [3.63, 3.8) is 0 Å². The molecular weight excluding hydrogens is 436 g/mol. The van der Waals surface area contributed by atoms with E-state index in [1.807, 2.05) is 61.3 Å². The molecule has 5 rings (SSSR count). The van der Waals surface area contributed by atoms with E-state index in [-0.39, 0.29) is 5.91 Å². The number of aryl methyl sites for hydroxylation is 2. The number of aromatic amines is 1. The van der Waals surface area contributed by atoms with Crippen LogP contribution in [0.15, 0.2) is 42.7 Å². The lowest BCUT2D eigenvalue weighted by molar-refractivity contribution is 0.102. The number of rotatable bonds is 6. The van der Waals surface area contributed by atoms with Crippen molar-refractivity contribution in [1.29, 1.82) is 0 Å². The number of H-pyrrole nitrogens is 1. The molecule has 9 heteroatoms. The molecule has 0 saturated carbocycles. The molecule has 0 radical (unpaired) electrons. The second-order valence-electron chi connectivity index (χ2n) is 8.28. The highest BCUT2D eigenvalue weighted by atomic mass is 32.2. The van der Waals surface area contributed by atoms with Crippen LogP contribution < -0.4 is 10.1 Å². The number of fused-ring (bicyclic) bond motifs is 1. The van der Waals surface area contributed by atoms with E-state index in [0.717, 1.165) is 52.1 Å². The predicted octanol–water partition coefficient (Wildman–Crippen LogP) is 4.44. The number of nitrogens with zero attached hydrogens (tertiary/aromatic N) is 4. The lowest BCUT2D eigenvalue weighted by atomic mass is 10.0. The molecule has 0 bridgehead atoms. The summed E-state index contributed by atoms with van der Waals surface area (Å²) in [5.74, 6) is 0.268. The van der Waals surface area contributed by atoms with Gasteiger partial charge in [0.15, 0.2) is 0 Å². The predicted molar refractivity (Wildman–Crippen MR) is 132 cm³/mol. The summed E-state index contributed by atoms with van der Waals surface area (Å²) in [7, 11) is 1.56. The zero-order chi connectivity index (χ0) is 23.1. The third-order valence-corrected chi connectivity index (χ3v) is 7.00. The van der Waals surface area contributed by atoms with Gasteiger partial charge < -0.3 is 10.1 Å². The number of para-hydroxylation sites is 1. The second-order valence-corrected chi connectivity index (χ2v) is 9.17. The molecule has 0 unspecified atom stereocenters. The fraction of sp³-hybridized carbons (Fsp3) is 0.292. The molecule has 2 aromatic heterocycles. The van der Waals surface area contributed by atoms with E-state index in [0.29, 0.717) is 17.4 Å². The van der Waals surface area contributed by atoms with Crippen LogP contribution in [0.1, 0.15) is 27.5 Å². The van der Waals surface area contributed by atoms with Crippen molar-refractivity contribution in [1.82, 2.24) is 24.3 Å². The minimum Gasteiger partial charge on any atom is -0.496 e. The molecule has 8 nitrogen and oxygen atoms in total. The number of methoxy groups -OCH3 is 1. The van der Waals surface area contributed by atoms with Gasteiger partial charge in [-0.15, -0.1) is 0 Å². The highest BCUT2D eigenvalue weighted by molar-refractivity contribution is 7.96. The van der Waals surface area contributed by atoms with Crippen LogP contribution in [0.2, 0.25) is 0 Å². The Balaban J connectivity index is 1.49. The van der Waals surface area contributed by atoms with Gasteiger partial charge in [-0.2, -0.15) is 10.2 Å². The van der Waals surface area contributed by atoms with Crippen LogP contribution in [0.5, 0.6) is 5.75 Å².